The number of aliphatic hydroxyl groups is 1. The maximum Gasteiger partial charge on any atom is 0.295 e. The van der Waals surface area contributed by atoms with Crippen LogP contribution in [0.2, 0.25) is 0 Å². The summed E-state index contributed by atoms with van der Waals surface area (Å²) in [6.07, 6.45) is -0.0111. The zero-order valence-electron chi connectivity index (χ0n) is 21.1. The van der Waals surface area contributed by atoms with Gasteiger partial charge < -0.3 is 24.2 Å². The van der Waals surface area contributed by atoms with Crippen molar-refractivity contribution in [2.45, 2.75) is 46.8 Å². The Balaban J connectivity index is 2.02. The highest BCUT2D eigenvalue weighted by molar-refractivity contribution is 6.46. The Kier molecular flexibility index (Phi) is 8.93. The van der Waals surface area contributed by atoms with Crippen LogP contribution in [-0.4, -0.2) is 54.2 Å². The second-order valence-corrected chi connectivity index (χ2v) is 9.15. The normalized spacial score (nSPS) is 17.5. The molecule has 0 saturated carbocycles. The van der Waals surface area contributed by atoms with E-state index >= 15 is 0 Å². The van der Waals surface area contributed by atoms with Crippen LogP contribution in [0.4, 0.5) is 0 Å². The number of carbonyl (C=O) groups excluding carboxylic acids is 2. The average Bonchev–Trinajstić information content (AvgIpc) is 3.08. The van der Waals surface area contributed by atoms with Crippen molar-refractivity contribution in [1.29, 1.82) is 0 Å². The van der Waals surface area contributed by atoms with Crippen molar-refractivity contribution in [2.75, 3.05) is 26.4 Å². The van der Waals surface area contributed by atoms with Crippen molar-refractivity contribution < 1.29 is 28.9 Å². The lowest BCUT2D eigenvalue weighted by molar-refractivity contribution is -0.140. The monoisotopic (exact) mass is 481 g/mol. The molecule has 0 bridgehead atoms. The number of nitrogens with zero attached hydrogens (tertiary/aromatic N) is 1. The van der Waals surface area contributed by atoms with Crippen LogP contribution < -0.4 is 9.47 Å². The molecule has 0 spiro atoms. The van der Waals surface area contributed by atoms with Gasteiger partial charge in [-0.25, -0.2) is 0 Å². The van der Waals surface area contributed by atoms with Crippen molar-refractivity contribution in [1.82, 2.24) is 4.90 Å². The summed E-state index contributed by atoms with van der Waals surface area (Å²) < 4.78 is 17.0. The number of Topliss-reactive ketones (excluding diaryl/α,β-unsaturated/α-hetero) is 1. The van der Waals surface area contributed by atoms with E-state index in [9.17, 15) is 14.7 Å². The van der Waals surface area contributed by atoms with Crippen molar-refractivity contribution in [3.05, 3.63) is 65.2 Å². The number of likely N-dealkylation sites (tertiary alicyclic amines) is 1. The Morgan fingerprint density at radius 3 is 2.34 bits per heavy atom. The molecule has 1 atom stereocenters. The Morgan fingerprint density at radius 1 is 1.00 bits per heavy atom. The predicted octanol–water partition coefficient (Wildman–Crippen LogP) is 4.97. The Labute approximate surface area is 207 Å². The fourth-order valence-corrected chi connectivity index (χ4v) is 3.91. The highest BCUT2D eigenvalue weighted by Gasteiger charge is 2.46. The summed E-state index contributed by atoms with van der Waals surface area (Å²) in [5.41, 5.74) is 1.16. The summed E-state index contributed by atoms with van der Waals surface area (Å²) in [7, 11) is 0. The van der Waals surface area contributed by atoms with Crippen LogP contribution in [0.3, 0.4) is 0 Å². The molecule has 2 aromatic rings. The number of ketones is 1. The quantitative estimate of drug-likeness (QED) is 0.277. The first-order valence-electron chi connectivity index (χ1n) is 12.1. The number of rotatable bonds is 11. The van der Waals surface area contributed by atoms with Gasteiger partial charge in [-0.05, 0) is 68.7 Å². The molecule has 0 aromatic heterocycles. The minimum Gasteiger partial charge on any atom is -0.507 e. The first-order chi connectivity index (χ1) is 16.7. The van der Waals surface area contributed by atoms with Crippen molar-refractivity contribution >= 4 is 17.4 Å². The standard InChI is InChI=1S/C28H35NO6/c1-6-33-23-9-7-8-21(16-23)25-24(27(31)28(32)29(25)14-15-34-19(4)5)26(30)20-10-12-22(13-11-20)35-17-18(2)3/h7-13,16,18-19,25,30H,6,14-15,17H2,1-5H3/b26-24-. The van der Waals surface area contributed by atoms with E-state index in [-0.39, 0.29) is 30.6 Å². The number of carbonyl (C=O) groups is 2. The lowest BCUT2D eigenvalue weighted by atomic mass is 9.95. The van der Waals surface area contributed by atoms with Crippen LogP contribution in [-0.2, 0) is 14.3 Å². The molecule has 1 amide bonds. The van der Waals surface area contributed by atoms with E-state index in [0.29, 0.717) is 41.8 Å². The Bertz CT molecular complexity index is 1060. The topological polar surface area (TPSA) is 85.3 Å². The highest BCUT2D eigenvalue weighted by atomic mass is 16.5. The number of aliphatic hydroxyl groups excluding tert-OH is 1. The van der Waals surface area contributed by atoms with E-state index in [1.165, 1.54) is 4.90 Å². The summed E-state index contributed by atoms with van der Waals surface area (Å²) in [5, 5.41) is 11.2. The van der Waals surface area contributed by atoms with E-state index < -0.39 is 17.7 Å². The molecule has 1 unspecified atom stereocenters. The summed E-state index contributed by atoms with van der Waals surface area (Å²) in [6.45, 7) is 11.4. The van der Waals surface area contributed by atoms with Gasteiger partial charge in [0, 0.05) is 12.1 Å². The van der Waals surface area contributed by atoms with E-state index in [1.807, 2.05) is 39.0 Å². The molecular weight excluding hydrogens is 446 g/mol. The van der Waals surface area contributed by atoms with Gasteiger partial charge in [-0.15, -0.1) is 0 Å². The molecule has 7 heteroatoms. The third-order valence-electron chi connectivity index (χ3n) is 5.52. The largest absolute Gasteiger partial charge is 0.507 e. The van der Waals surface area contributed by atoms with Gasteiger partial charge in [0.25, 0.3) is 11.7 Å². The SMILES string of the molecule is CCOc1cccc(C2/C(=C(/O)c3ccc(OCC(C)C)cc3)C(=O)C(=O)N2CCOC(C)C)c1. The second-order valence-electron chi connectivity index (χ2n) is 9.15. The molecule has 1 aliphatic heterocycles. The molecule has 188 valence electrons. The van der Waals surface area contributed by atoms with Crippen LogP contribution >= 0.6 is 0 Å². The molecule has 35 heavy (non-hydrogen) atoms. The van der Waals surface area contributed by atoms with Gasteiger partial charge in [-0.2, -0.15) is 0 Å². The van der Waals surface area contributed by atoms with E-state index in [4.69, 9.17) is 14.2 Å². The summed E-state index contributed by atoms with van der Waals surface area (Å²) in [6, 6.07) is 13.4. The molecule has 0 radical (unpaired) electrons. The lowest BCUT2D eigenvalue weighted by Gasteiger charge is -2.26. The first-order valence-corrected chi connectivity index (χ1v) is 12.1. The molecule has 1 heterocycles. The van der Waals surface area contributed by atoms with Gasteiger partial charge in [0.2, 0.25) is 0 Å². The molecule has 1 fully saturated rings. The molecule has 2 aromatic carbocycles. The van der Waals surface area contributed by atoms with Gasteiger partial charge in [-0.3, -0.25) is 9.59 Å². The van der Waals surface area contributed by atoms with Gasteiger partial charge >= 0.3 is 0 Å². The zero-order chi connectivity index (χ0) is 25.5. The second kappa shape index (κ2) is 11.9. The van der Waals surface area contributed by atoms with Crippen LogP contribution in [0.1, 0.15) is 51.8 Å². The molecule has 3 rings (SSSR count). The molecule has 1 N–H and O–H groups in total. The number of amides is 1. The van der Waals surface area contributed by atoms with Gasteiger partial charge in [0.1, 0.15) is 17.3 Å². The number of hydrogen-bond acceptors (Lipinski definition) is 6. The van der Waals surface area contributed by atoms with E-state index in [0.717, 1.165) is 0 Å². The van der Waals surface area contributed by atoms with Gasteiger partial charge in [0.05, 0.1) is 37.5 Å². The van der Waals surface area contributed by atoms with E-state index in [2.05, 4.69) is 13.8 Å². The fourth-order valence-electron chi connectivity index (χ4n) is 3.91. The minimum atomic E-state index is -0.761. The molecule has 0 aliphatic carbocycles. The van der Waals surface area contributed by atoms with E-state index in [1.54, 1.807) is 30.3 Å². The van der Waals surface area contributed by atoms with Crippen LogP contribution in [0.25, 0.3) is 5.76 Å². The summed E-state index contributed by atoms with van der Waals surface area (Å²) in [4.78, 5) is 27.7. The molecule has 1 aliphatic rings. The smallest absolute Gasteiger partial charge is 0.295 e. The van der Waals surface area contributed by atoms with Gasteiger partial charge in [0.15, 0.2) is 0 Å². The maximum absolute atomic E-state index is 13.2. The third kappa shape index (κ3) is 6.42. The number of benzene rings is 2. The predicted molar refractivity (Wildman–Crippen MR) is 134 cm³/mol. The zero-order valence-corrected chi connectivity index (χ0v) is 21.1. The maximum atomic E-state index is 13.2. The fraction of sp³-hybridized carbons (Fsp3) is 0.429. The van der Waals surface area contributed by atoms with Crippen molar-refractivity contribution in [3.8, 4) is 11.5 Å². The van der Waals surface area contributed by atoms with Crippen LogP contribution in [0, 0.1) is 5.92 Å². The third-order valence-corrected chi connectivity index (χ3v) is 5.52. The lowest BCUT2D eigenvalue weighted by Crippen LogP contribution is -2.33. The van der Waals surface area contributed by atoms with Crippen molar-refractivity contribution in [3.63, 3.8) is 0 Å². The molecule has 7 nitrogen and oxygen atoms in total. The van der Waals surface area contributed by atoms with Crippen LogP contribution in [0.15, 0.2) is 54.1 Å². The van der Waals surface area contributed by atoms with Crippen LogP contribution in [0.5, 0.6) is 11.5 Å². The van der Waals surface area contributed by atoms with Crippen molar-refractivity contribution in [2.24, 2.45) is 5.92 Å². The minimum absolute atomic E-state index is 0.0111. The first kappa shape index (κ1) is 26.3. The van der Waals surface area contributed by atoms with Gasteiger partial charge in [-0.1, -0.05) is 26.0 Å². The summed E-state index contributed by atoms with van der Waals surface area (Å²) in [5.74, 6) is 0.0637. The number of ether oxygens (including phenoxy) is 3. The highest BCUT2D eigenvalue weighted by Crippen LogP contribution is 2.40. The number of hydrogen-bond donors (Lipinski definition) is 1. The summed E-state index contributed by atoms with van der Waals surface area (Å²) >= 11 is 0. The average molecular weight is 482 g/mol. The Hall–Kier alpha value is -3.32. The Morgan fingerprint density at radius 2 is 1.71 bits per heavy atom. The molecular formula is C28H35NO6. The molecule has 1 saturated heterocycles.